The van der Waals surface area contributed by atoms with Crippen molar-refractivity contribution in [2.75, 3.05) is 7.05 Å². The molecule has 1 nitrogen and oxygen atoms in total. The molecular weight excluding hydrogens is 218 g/mol. The van der Waals surface area contributed by atoms with E-state index >= 15 is 0 Å². The molecular formula is C14H14ClN. The van der Waals surface area contributed by atoms with Crippen LogP contribution in [0.25, 0.3) is 5.70 Å². The predicted octanol–water partition coefficient (Wildman–Crippen LogP) is 4.00. The van der Waals surface area contributed by atoms with Gasteiger partial charge in [0.1, 0.15) is 0 Å². The molecule has 0 unspecified atom stereocenters. The third kappa shape index (κ3) is 1.79. The van der Waals surface area contributed by atoms with Crippen molar-refractivity contribution in [3.63, 3.8) is 0 Å². The minimum Gasteiger partial charge on any atom is -0.343 e. The molecule has 0 radical (unpaired) electrons. The van der Waals surface area contributed by atoms with Gasteiger partial charge in [-0.25, -0.2) is 0 Å². The summed E-state index contributed by atoms with van der Waals surface area (Å²) in [6.07, 6.45) is 1.96. The fourth-order valence-electron chi connectivity index (χ4n) is 1.92. The molecule has 0 bridgehead atoms. The van der Waals surface area contributed by atoms with Gasteiger partial charge in [0.05, 0.1) is 16.4 Å². The van der Waals surface area contributed by atoms with E-state index in [0.717, 1.165) is 17.0 Å². The number of benzene rings is 1. The summed E-state index contributed by atoms with van der Waals surface area (Å²) in [5.41, 5.74) is 4.34. The topological polar surface area (TPSA) is 3.24 Å². The van der Waals surface area contributed by atoms with E-state index in [4.69, 9.17) is 11.6 Å². The molecule has 0 spiro atoms. The Hall–Kier alpha value is -1.47. The van der Waals surface area contributed by atoms with E-state index in [1.165, 1.54) is 5.56 Å². The Kier molecular flexibility index (Phi) is 2.88. The zero-order valence-electron chi connectivity index (χ0n) is 9.50. The van der Waals surface area contributed by atoms with Gasteiger partial charge < -0.3 is 4.90 Å². The Morgan fingerprint density at radius 2 is 1.81 bits per heavy atom. The summed E-state index contributed by atoms with van der Waals surface area (Å²) in [5, 5.41) is 0.708. The Morgan fingerprint density at radius 1 is 1.19 bits per heavy atom. The van der Waals surface area contributed by atoms with Gasteiger partial charge in [0, 0.05) is 7.05 Å². The van der Waals surface area contributed by atoms with Crippen molar-refractivity contribution < 1.29 is 0 Å². The smallest absolute Gasteiger partial charge is 0.0640 e. The maximum Gasteiger partial charge on any atom is 0.0640 e. The number of allylic oxidation sites excluding steroid dienone is 3. The van der Waals surface area contributed by atoms with Crippen LogP contribution >= 0.6 is 11.6 Å². The number of likely N-dealkylation sites (N-methyl/N-ethyl adjacent to an activating group) is 1. The van der Waals surface area contributed by atoms with Crippen LogP contribution in [0.1, 0.15) is 12.5 Å². The molecule has 1 aromatic carbocycles. The minimum atomic E-state index is 0.708. The second-order valence-electron chi connectivity index (χ2n) is 3.90. The van der Waals surface area contributed by atoms with Crippen molar-refractivity contribution in [3.8, 4) is 0 Å². The zero-order valence-corrected chi connectivity index (χ0v) is 10.3. The van der Waals surface area contributed by atoms with E-state index in [1.807, 2.05) is 36.2 Å². The third-order valence-corrected chi connectivity index (χ3v) is 3.11. The molecule has 1 aromatic rings. The standard InChI is InChI=1S/C14H14ClN/c1-10-9-13(15)11(2)16(3)14(10)12-7-5-4-6-8-12/h4-9H,2H2,1,3H3. The number of nitrogens with zero attached hydrogens (tertiary/aromatic N) is 1. The van der Waals surface area contributed by atoms with Crippen molar-refractivity contribution in [3.05, 3.63) is 64.9 Å². The number of rotatable bonds is 1. The largest absolute Gasteiger partial charge is 0.343 e. The first-order chi connectivity index (χ1) is 7.61. The van der Waals surface area contributed by atoms with Crippen molar-refractivity contribution in [2.45, 2.75) is 6.92 Å². The summed E-state index contributed by atoms with van der Waals surface area (Å²) >= 11 is 6.10. The number of halogens is 1. The molecule has 16 heavy (non-hydrogen) atoms. The predicted molar refractivity (Wildman–Crippen MR) is 69.9 cm³/mol. The van der Waals surface area contributed by atoms with E-state index in [2.05, 4.69) is 25.6 Å². The molecule has 82 valence electrons. The number of hydrogen-bond acceptors (Lipinski definition) is 1. The molecule has 0 fully saturated rings. The lowest BCUT2D eigenvalue weighted by Crippen LogP contribution is -2.19. The molecule has 0 aromatic heterocycles. The molecule has 2 rings (SSSR count). The highest BCUT2D eigenvalue weighted by molar-refractivity contribution is 6.32. The second-order valence-corrected chi connectivity index (χ2v) is 4.30. The van der Waals surface area contributed by atoms with Crippen LogP contribution in [0.5, 0.6) is 0 Å². The van der Waals surface area contributed by atoms with Gasteiger partial charge in [-0.15, -0.1) is 0 Å². The summed E-state index contributed by atoms with van der Waals surface area (Å²) in [6, 6.07) is 10.3. The van der Waals surface area contributed by atoms with Crippen LogP contribution in [0.3, 0.4) is 0 Å². The lowest BCUT2D eigenvalue weighted by Gasteiger charge is -2.29. The Bertz CT molecular complexity index is 483. The van der Waals surface area contributed by atoms with Crippen LogP contribution in [-0.4, -0.2) is 11.9 Å². The molecule has 0 saturated carbocycles. The van der Waals surface area contributed by atoms with Gasteiger partial charge in [-0.1, -0.05) is 48.5 Å². The molecule has 1 heterocycles. The normalized spacial score (nSPS) is 16.6. The highest BCUT2D eigenvalue weighted by Gasteiger charge is 2.19. The summed E-state index contributed by atoms with van der Waals surface area (Å²) in [6.45, 7) is 6.04. The van der Waals surface area contributed by atoms with E-state index < -0.39 is 0 Å². The number of hydrogen-bond donors (Lipinski definition) is 0. The van der Waals surface area contributed by atoms with Crippen molar-refractivity contribution in [2.24, 2.45) is 0 Å². The average molecular weight is 232 g/mol. The molecule has 0 amide bonds. The first-order valence-corrected chi connectivity index (χ1v) is 5.55. The van der Waals surface area contributed by atoms with Crippen LogP contribution in [-0.2, 0) is 0 Å². The van der Waals surface area contributed by atoms with Gasteiger partial charge in [-0.3, -0.25) is 0 Å². The van der Waals surface area contributed by atoms with Gasteiger partial charge >= 0.3 is 0 Å². The summed E-state index contributed by atoms with van der Waals surface area (Å²) in [4.78, 5) is 2.03. The Morgan fingerprint density at radius 3 is 2.44 bits per heavy atom. The van der Waals surface area contributed by atoms with Crippen LogP contribution in [0.15, 0.2) is 59.3 Å². The molecule has 0 saturated heterocycles. The molecule has 0 atom stereocenters. The van der Waals surface area contributed by atoms with Crippen molar-refractivity contribution in [1.29, 1.82) is 0 Å². The zero-order chi connectivity index (χ0) is 11.7. The van der Waals surface area contributed by atoms with Crippen LogP contribution in [0, 0.1) is 0 Å². The van der Waals surface area contributed by atoms with Crippen LogP contribution < -0.4 is 0 Å². The summed E-state index contributed by atoms with van der Waals surface area (Å²) < 4.78 is 0. The molecule has 0 N–H and O–H groups in total. The van der Waals surface area contributed by atoms with Gasteiger partial charge in [-0.2, -0.15) is 0 Å². The van der Waals surface area contributed by atoms with Crippen LogP contribution in [0.4, 0.5) is 0 Å². The quantitative estimate of drug-likeness (QED) is 0.706. The van der Waals surface area contributed by atoms with E-state index in [-0.39, 0.29) is 0 Å². The van der Waals surface area contributed by atoms with Gasteiger partial charge in [0.25, 0.3) is 0 Å². The van der Waals surface area contributed by atoms with Crippen molar-refractivity contribution in [1.82, 2.24) is 4.90 Å². The summed E-state index contributed by atoms with van der Waals surface area (Å²) in [5.74, 6) is 0. The molecule has 0 aliphatic carbocycles. The second kappa shape index (κ2) is 4.18. The van der Waals surface area contributed by atoms with E-state index in [1.54, 1.807) is 0 Å². The fraction of sp³-hybridized carbons (Fsp3) is 0.143. The van der Waals surface area contributed by atoms with Crippen molar-refractivity contribution >= 4 is 17.3 Å². The summed E-state index contributed by atoms with van der Waals surface area (Å²) in [7, 11) is 1.99. The third-order valence-electron chi connectivity index (χ3n) is 2.78. The Balaban J connectivity index is 2.55. The lowest BCUT2D eigenvalue weighted by molar-refractivity contribution is 0.606. The molecule has 1 aliphatic heterocycles. The van der Waals surface area contributed by atoms with Gasteiger partial charge in [0.15, 0.2) is 0 Å². The highest BCUT2D eigenvalue weighted by atomic mass is 35.5. The molecule has 2 heteroatoms. The fourth-order valence-corrected chi connectivity index (χ4v) is 2.21. The van der Waals surface area contributed by atoms with Gasteiger partial charge in [0.2, 0.25) is 0 Å². The maximum atomic E-state index is 6.10. The molecule has 1 aliphatic rings. The SMILES string of the molecule is C=C1C(Cl)=CC(C)=C(c2ccccc2)N1C. The van der Waals surface area contributed by atoms with E-state index in [9.17, 15) is 0 Å². The average Bonchev–Trinajstić information content (AvgIpc) is 2.28. The first kappa shape index (κ1) is 11.0. The van der Waals surface area contributed by atoms with E-state index in [0.29, 0.717) is 5.03 Å². The lowest BCUT2D eigenvalue weighted by atomic mass is 10.0. The minimum absolute atomic E-state index is 0.708. The Labute approximate surface area is 101 Å². The first-order valence-electron chi connectivity index (χ1n) is 5.17. The van der Waals surface area contributed by atoms with Gasteiger partial charge in [-0.05, 0) is 24.1 Å². The monoisotopic (exact) mass is 231 g/mol. The highest BCUT2D eigenvalue weighted by Crippen LogP contribution is 2.34. The maximum absolute atomic E-state index is 6.10. The van der Waals surface area contributed by atoms with Crippen LogP contribution in [0.2, 0.25) is 0 Å².